The van der Waals surface area contributed by atoms with E-state index in [-0.39, 0.29) is 12.4 Å². The molecule has 0 bridgehead atoms. The summed E-state index contributed by atoms with van der Waals surface area (Å²) in [6.45, 7) is 3.22. The molecule has 2 aliphatic rings. The second-order valence-corrected chi connectivity index (χ2v) is 4.31. The fourth-order valence-electron chi connectivity index (χ4n) is 2.29. The molecule has 2 fully saturated rings. The first-order chi connectivity index (χ1) is 7.40. The molecule has 0 aromatic heterocycles. The molecule has 3 nitrogen and oxygen atoms in total. The molecule has 2 unspecified atom stereocenters. The lowest BCUT2D eigenvalue weighted by Gasteiger charge is -2.17. The lowest BCUT2D eigenvalue weighted by Crippen LogP contribution is -2.22. The second-order valence-electron chi connectivity index (χ2n) is 4.31. The minimum Gasteiger partial charge on any atom is -0.499 e. The zero-order valence-electron chi connectivity index (χ0n) is 9.35. The third-order valence-corrected chi connectivity index (χ3v) is 3.07. The van der Waals surface area contributed by atoms with Crippen molar-refractivity contribution in [3.05, 3.63) is 12.3 Å². The first-order valence-corrected chi connectivity index (χ1v) is 5.90. The fourth-order valence-corrected chi connectivity index (χ4v) is 2.29. The van der Waals surface area contributed by atoms with Gasteiger partial charge in [0, 0.05) is 5.92 Å². The van der Waals surface area contributed by atoms with Crippen molar-refractivity contribution >= 4 is 0 Å². The molecule has 1 aliphatic carbocycles. The maximum Gasteiger partial charge on any atom is 0.161 e. The van der Waals surface area contributed by atoms with Gasteiger partial charge in [0.2, 0.25) is 0 Å². The quantitative estimate of drug-likeness (QED) is 0.670. The molecular weight excluding hydrogens is 192 g/mol. The summed E-state index contributed by atoms with van der Waals surface area (Å²) in [5.74, 6) is 0.622. The molecule has 1 saturated carbocycles. The standard InChI is InChI=1S/C12H20O3/c1-2-7-13-8-11-9-14-12(15-11)10-5-3-4-6-10/h2,7,10-12H,3-6,8-9H2,1H3. The summed E-state index contributed by atoms with van der Waals surface area (Å²) >= 11 is 0. The Hall–Kier alpha value is -0.540. The first-order valence-electron chi connectivity index (χ1n) is 5.90. The predicted octanol–water partition coefficient (Wildman–Crippen LogP) is 2.47. The molecular formula is C12H20O3. The van der Waals surface area contributed by atoms with Crippen LogP contribution in [0, 0.1) is 5.92 Å². The molecule has 15 heavy (non-hydrogen) atoms. The first kappa shape index (κ1) is 11.0. The van der Waals surface area contributed by atoms with E-state index < -0.39 is 0 Å². The summed E-state index contributed by atoms with van der Waals surface area (Å²) < 4.78 is 16.8. The minimum absolute atomic E-state index is 0.0340. The third kappa shape index (κ3) is 2.95. The smallest absolute Gasteiger partial charge is 0.161 e. The van der Waals surface area contributed by atoms with Gasteiger partial charge >= 0.3 is 0 Å². The summed E-state index contributed by atoms with van der Waals surface area (Å²) in [5.41, 5.74) is 0. The normalized spacial score (nSPS) is 32.9. The van der Waals surface area contributed by atoms with Crippen molar-refractivity contribution < 1.29 is 14.2 Å². The van der Waals surface area contributed by atoms with E-state index in [1.54, 1.807) is 6.26 Å². The van der Waals surface area contributed by atoms with Crippen molar-refractivity contribution in [3.63, 3.8) is 0 Å². The van der Waals surface area contributed by atoms with Gasteiger partial charge in [0.1, 0.15) is 12.7 Å². The van der Waals surface area contributed by atoms with Gasteiger partial charge in [-0.15, -0.1) is 0 Å². The van der Waals surface area contributed by atoms with Crippen LogP contribution in [-0.2, 0) is 14.2 Å². The fraction of sp³-hybridized carbons (Fsp3) is 0.833. The van der Waals surface area contributed by atoms with Crippen LogP contribution in [0.2, 0.25) is 0 Å². The van der Waals surface area contributed by atoms with Crippen molar-refractivity contribution in [1.29, 1.82) is 0 Å². The lowest BCUT2D eigenvalue weighted by atomic mass is 10.1. The number of rotatable bonds is 4. The second kappa shape index (κ2) is 5.52. The van der Waals surface area contributed by atoms with E-state index in [4.69, 9.17) is 14.2 Å². The van der Waals surface area contributed by atoms with E-state index in [0.717, 1.165) is 0 Å². The van der Waals surface area contributed by atoms with Crippen LogP contribution >= 0.6 is 0 Å². The van der Waals surface area contributed by atoms with Crippen molar-refractivity contribution in [3.8, 4) is 0 Å². The Kier molecular flexibility index (Phi) is 4.03. The highest BCUT2D eigenvalue weighted by atomic mass is 16.7. The van der Waals surface area contributed by atoms with Crippen LogP contribution in [0.15, 0.2) is 12.3 Å². The number of hydrogen-bond donors (Lipinski definition) is 0. The van der Waals surface area contributed by atoms with Crippen molar-refractivity contribution in [2.24, 2.45) is 5.92 Å². The molecule has 0 aromatic rings. The van der Waals surface area contributed by atoms with Gasteiger partial charge in [-0.3, -0.25) is 0 Å². The van der Waals surface area contributed by atoms with Crippen LogP contribution in [0.25, 0.3) is 0 Å². The number of hydrogen-bond acceptors (Lipinski definition) is 3. The molecule has 86 valence electrons. The third-order valence-electron chi connectivity index (χ3n) is 3.07. The molecule has 0 aromatic carbocycles. The molecule has 0 spiro atoms. The average Bonchev–Trinajstić information content (AvgIpc) is 2.87. The summed E-state index contributed by atoms with van der Waals surface area (Å²) in [4.78, 5) is 0. The number of ether oxygens (including phenoxy) is 3. The highest BCUT2D eigenvalue weighted by molar-refractivity contribution is 4.76. The molecule has 0 amide bonds. The Labute approximate surface area is 91.4 Å². The maximum absolute atomic E-state index is 5.81. The molecule has 0 radical (unpaired) electrons. The monoisotopic (exact) mass is 212 g/mol. The molecule has 0 N–H and O–H groups in total. The van der Waals surface area contributed by atoms with Gasteiger partial charge in [-0.05, 0) is 19.8 Å². The maximum atomic E-state index is 5.81. The van der Waals surface area contributed by atoms with Gasteiger partial charge in [0.25, 0.3) is 0 Å². The summed E-state index contributed by atoms with van der Waals surface area (Å²) in [7, 11) is 0. The van der Waals surface area contributed by atoms with Gasteiger partial charge in [0.15, 0.2) is 6.29 Å². The van der Waals surface area contributed by atoms with Gasteiger partial charge in [-0.25, -0.2) is 0 Å². The number of allylic oxidation sites excluding steroid dienone is 1. The molecule has 1 aliphatic heterocycles. The van der Waals surface area contributed by atoms with Crippen LogP contribution in [0.4, 0.5) is 0 Å². The van der Waals surface area contributed by atoms with Crippen LogP contribution in [0.5, 0.6) is 0 Å². The van der Waals surface area contributed by atoms with Crippen molar-refractivity contribution in [2.75, 3.05) is 13.2 Å². The van der Waals surface area contributed by atoms with Gasteiger partial charge in [0.05, 0.1) is 12.9 Å². The Bertz CT molecular complexity index is 209. The Morgan fingerprint density at radius 3 is 2.87 bits per heavy atom. The van der Waals surface area contributed by atoms with Crippen LogP contribution in [-0.4, -0.2) is 25.6 Å². The SMILES string of the molecule is CC=COCC1COC(C2CCCC2)O1. The predicted molar refractivity (Wildman–Crippen MR) is 57.3 cm³/mol. The van der Waals surface area contributed by atoms with E-state index in [9.17, 15) is 0 Å². The van der Waals surface area contributed by atoms with Crippen LogP contribution in [0.3, 0.4) is 0 Å². The highest BCUT2D eigenvalue weighted by Crippen LogP contribution is 2.32. The van der Waals surface area contributed by atoms with E-state index in [1.165, 1.54) is 25.7 Å². The van der Waals surface area contributed by atoms with Gasteiger partial charge in [-0.2, -0.15) is 0 Å². The Balaban J connectivity index is 1.69. The molecule has 3 heteroatoms. The minimum atomic E-state index is 0.0340. The van der Waals surface area contributed by atoms with Crippen LogP contribution in [0.1, 0.15) is 32.6 Å². The Morgan fingerprint density at radius 1 is 1.33 bits per heavy atom. The summed E-state index contributed by atoms with van der Waals surface area (Å²) in [6, 6.07) is 0. The molecule has 1 heterocycles. The van der Waals surface area contributed by atoms with E-state index >= 15 is 0 Å². The van der Waals surface area contributed by atoms with E-state index in [2.05, 4.69) is 0 Å². The van der Waals surface area contributed by atoms with Crippen molar-refractivity contribution in [2.45, 2.75) is 45.0 Å². The summed E-state index contributed by atoms with van der Waals surface area (Å²) in [6.07, 6.45) is 8.90. The van der Waals surface area contributed by atoms with Gasteiger partial charge in [-0.1, -0.05) is 18.9 Å². The molecule has 2 atom stereocenters. The zero-order valence-corrected chi connectivity index (χ0v) is 9.35. The van der Waals surface area contributed by atoms with Gasteiger partial charge < -0.3 is 14.2 Å². The Morgan fingerprint density at radius 2 is 2.13 bits per heavy atom. The summed E-state index contributed by atoms with van der Waals surface area (Å²) in [5, 5.41) is 0. The van der Waals surface area contributed by atoms with E-state index in [1.807, 2.05) is 13.0 Å². The average molecular weight is 212 g/mol. The van der Waals surface area contributed by atoms with Crippen molar-refractivity contribution in [1.82, 2.24) is 0 Å². The topological polar surface area (TPSA) is 27.7 Å². The van der Waals surface area contributed by atoms with E-state index in [0.29, 0.717) is 19.1 Å². The molecule has 1 saturated heterocycles. The zero-order chi connectivity index (χ0) is 10.5. The molecule has 2 rings (SSSR count). The highest BCUT2D eigenvalue weighted by Gasteiger charge is 2.34. The van der Waals surface area contributed by atoms with Crippen LogP contribution < -0.4 is 0 Å². The largest absolute Gasteiger partial charge is 0.499 e. The lowest BCUT2D eigenvalue weighted by molar-refractivity contribution is -0.100.